The molecule has 0 saturated heterocycles. The quantitative estimate of drug-likeness (QED) is 0.890. The topological polar surface area (TPSA) is 32.7 Å². The number of methoxy groups -OCH3 is 1. The molecule has 1 N–H and O–H groups in total. The Morgan fingerprint density at radius 1 is 1.47 bits per heavy atom. The van der Waals surface area contributed by atoms with Crippen molar-refractivity contribution >= 4 is 15.9 Å². The van der Waals surface area contributed by atoms with Crippen molar-refractivity contribution in [1.29, 1.82) is 0 Å². The van der Waals surface area contributed by atoms with Gasteiger partial charge >= 0.3 is 0 Å². The van der Waals surface area contributed by atoms with Gasteiger partial charge in [-0.3, -0.25) is 4.90 Å². The summed E-state index contributed by atoms with van der Waals surface area (Å²) in [6.45, 7) is 1.62. The van der Waals surface area contributed by atoms with Gasteiger partial charge in [-0.05, 0) is 19.2 Å². The number of rotatable bonds is 5. The van der Waals surface area contributed by atoms with Crippen LogP contribution in [0.15, 0.2) is 22.7 Å². The van der Waals surface area contributed by atoms with Crippen molar-refractivity contribution in [3.8, 4) is 5.75 Å². The van der Waals surface area contributed by atoms with Crippen LogP contribution in [0.2, 0.25) is 0 Å². The lowest BCUT2D eigenvalue weighted by molar-refractivity contribution is 0.216. The van der Waals surface area contributed by atoms with Gasteiger partial charge in [0.1, 0.15) is 5.75 Å². The highest BCUT2D eigenvalue weighted by molar-refractivity contribution is 9.10. The van der Waals surface area contributed by atoms with Gasteiger partial charge in [0.15, 0.2) is 0 Å². The Morgan fingerprint density at radius 2 is 2.20 bits per heavy atom. The normalized spacial score (nSPS) is 10.7. The summed E-state index contributed by atoms with van der Waals surface area (Å²) < 4.78 is 6.29. The van der Waals surface area contributed by atoms with Crippen molar-refractivity contribution in [2.75, 3.05) is 27.3 Å². The first-order valence-corrected chi connectivity index (χ1v) is 5.58. The lowest BCUT2D eigenvalue weighted by atomic mass is 10.2. The second-order valence-corrected chi connectivity index (χ2v) is 4.33. The Morgan fingerprint density at radius 3 is 2.80 bits per heavy atom. The molecule has 0 amide bonds. The monoisotopic (exact) mass is 273 g/mol. The molecule has 0 atom stereocenters. The maximum atomic E-state index is 8.80. The van der Waals surface area contributed by atoms with E-state index in [1.807, 2.05) is 30.1 Å². The maximum absolute atomic E-state index is 8.80. The predicted molar refractivity (Wildman–Crippen MR) is 64.1 cm³/mol. The summed E-state index contributed by atoms with van der Waals surface area (Å²) >= 11 is 3.40. The molecule has 0 unspecified atom stereocenters. The molecule has 1 aromatic carbocycles. The third-order valence-electron chi connectivity index (χ3n) is 2.17. The van der Waals surface area contributed by atoms with E-state index in [0.29, 0.717) is 6.54 Å². The minimum absolute atomic E-state index is 0.176. The molecule has 3 nitrogen and oxygen atoms in total. The molecule has 0 saturated carbocycles. The molecular weight excluding hydrogens is 258 g/mol. The Hall–Kier alpha value is -0.580. The van der Waals surface area contributed by atoms with E-state index in [0.717, 1.165) is 22.3 Å². The second-order valence-electron chi connectivity index (χ2n) is 3.42. The zero-order valence-electron chi connectivity index (χ0n) is 9.03. The molecule has 1 rings (SSSR count). The second kappa shape index (κ2) is 6.10. The smallest absolute Gasteiger partial charge is 0.124 e. The number of ether oxygens (including phenoxy) is 1. The van der Waals surface area contributed by atoms with E-state index in [-0.39, 0.29) is 6.61 Å². The first kappa shape index (κ1) is 12.5. The molecule has 0 fully saturated rings. The molecule has 4 heteroatoms. The number of nitrogens with zero attached hydrogens (tertiary/aromatic N) is 1. The number of aliphatic hydroxyl groups is 1. The molecule has 0 aliphatic rings. The number of aliphatic hydroxyl groups excluding tert-OH is 1. The summed E-state index contributed by atoms with van der Waals surface area (Å²) in [7, 11) is 3.63. The molecule has 15 heavy (non-hydrogen) atoms. The van der Waals surface area contributed by atoms with E-state index in [4.69, 9.17) is 9.84 Å². The van der Waals surface area contributed by atoms with Crippen molar-refractivity contribution in [1.82, 2.24) is 4.90 Å². The fourth-order valence-electron chi connectivity index (χ4n) is 1.39. The summed E-state index contributed by atoms with van der Waals surface area (Å²) in [5.41, 5.74) is 1.12. The highest BCUT2D eigenvalue weighted by Crippen LogP contribution is 2.24. The van der Waals surface area contributed by atoms with Gasteiger partial charge in [0.05, 0.1) is 13.7 Å². The zero-order valence-corrected chi connectivity index (χ0v) is 10.6. The van der Waals surface area contributed by atoms with E-state index >= 15 is 0 Å². The molecule has 0 bridgehead atoms. The van der Waals surface area contributed by atoms with Crippen molar-refractivity contribution in [2.24, 2.45) is 0 Å². The van der Waals surface area contributed by atoms with Gasteiger partial charge in [0.25, 0.3) is 0 Å². The van der Waals surface area contributed by atoms with Crippen LogP contribution in [0.5, 0.6) is 5.75 Å². The van der Waals surface area contributed by atoms with Gasteiger partial charge < -0.3 is 9.84 Å². The molecule has 0 spiro atoms. The van der Waals surface area contributed by atoms with Gasteiger partial charge in [-0.1, -0.05) is 22.0 Å². The van der Waals surface area contributed by atoms with Crippen molar-refractivity contribution in [2.45, 2.75) is 6.54 Å². The van der Waals surface area contributed by atoms with E-state index < -0.39 is 0 Å². The largest absolute Gasteiger partial charge is 0.496 e. The van der Waals surface area contributed by atoms with Gasteiger partial charge in [-0.15, -0.1) is 0 Å². The molecule has 0 radical (unpaired) electrons. The van der Waals surface area contributed by atoms with Crippen molar-refractivity contribution in [3.05, 3.63) is 28.2 Å². The molecule has 1 aromatic rings. The highest BCUT2D eigenvalue weighted by atomic mass is 79.9. The number of hydrogen-bond donors (Lipinski definition) is 1. The van der Waals surface area contributed by atoms with Crippen molar-refractivity contribution in [3.63, 3.8) is 0 Å². The van der Waals surface area contributed by atoms with Gasteiger partial charge in [0.2, 0.25) is 0 Å². The van der Waals surface area contributed by atoms with Crippen molar-refractivity contribution < 1.29 is 9.84 Å². The molecule has 84 valence electrons. The van der Waals surface area contributed by atoms with Crippen LogP contribution in [0, 0.1) is 0 Å². The summed E-state index contributed by atoms with van der Waals surface area (Å²) in [6.07, 6.45) is 0. The number of halogens is 1. The van der Waals surface area contributed by atoms with E-state index in [1.165, 1.54) is 0 Å². The highest BCUT2D eigenvalue weighted by Gasteiger charge is 2.06. The van der Waals surface area contributed by atoms with Crippen LogP contribution in [-0.4, -0.2) is 37.3 Å². The fraction of sp³-hybridized carbons (Fsp3) is 0.455. The summed E-state index contributed by atoms with van der Waals surface area (Å²) in [5.74, 6) is 0.870. The Labute approximate surface area is 98.8 Å². The average Bonchev–Trinajstić information content (AvgIpc) is 2.21. The first-order chi connectivity index (χ1) is 7.17. The number of benzene rings is 1. The van der Waals surface area contributed by atoms with Gasteiger partial charge in [-0.2, -0.15) is 0 Å². The zero-order chi connectivity index (χ0) is 11.3. The van der Waals surface area contributed by atoms with Gasteiger partial charge in [-0.25, -0.2) is 0 Å². The molecule has 0 aliphatic carbocycles. The summed E-state index contributed by atoms with van der Waals surface area (Å²) in [5, 5.41) is 8.80. The predicted octanol–water partition coefficient (Wildman–Crippen LogP) is 1.88. The Balaban J connectivity index is 2.75. The van der Waals surface area contributed by atoms with E-state index in [2.05, 4.69) is 15.9 Å². The lowest BCUT2D eigenvalue weighted by Gasteiger charge is -2.17. The average molecular weight is 274 g/mol. The first-order valence-electron chi connectivity index (χ1n) is 4.79. The van der Waals surface area contributed by atoms with Crippen LogP contribution in [-0.2, 0) is 6.54 Å². The van der Waals surface area contributed by atoms with Crippen LogP contribution in [0.4, 0.5) is 0 Å². The fourth-order valence-corrected chi connectivity index (χ4v) is 1.73. The molecule has 0 heterocycles. The standard InChI is InChI=1S/C11H16BrNO2/c1-13(5-6-14)8-9-3-4-10(12)7-11(9)15-2/h3-4,7,14H,5-6,8H2,1-2H3. The van der Waals surface area contributed by atoms with Crippen LogP contribution in [0.3, 0.4) is 0 Å². The third-order valence-corrected chi connectivity index (χ3v) is 2.66. The van der Waals surface area contributed by atoms with Crippen LogP contribution >= 0.6 is 15.9 Å². The molecule has 0 aromatic heterocycles. The van der Waals surface area contributed by atoms with E-state index in [1.54, 1.807) is 7.11 Å². The number of hydrogen-bond acceptors (Lipinski definition) is 3. The Bertz CT molecular complexity index is 317. The van der Waals surface area contributed by atoms with E-state index in [9.17, 15) is 0 Å². The van der Waals surface area contributed by atoms with Crippen LogP contribution < -0.4 is 4.74 Å². The lowest BCUT2D eigenvalue weighted by Crippen LogP contribution is -2.21. The van der Waals surface area contributed by atoms with Gasteiger partial charge in [0, 0.05) is 23.1 Å². The molecule has 0 aliphatic heterocycles. The molecular formula is C11H16BrNO2. The summed E-state index contributed by atoms with van der Waals surface area (Å²) in [4.78, 5) is 2.05. The van der Waals surface area contributed by atoms with Crippen LogP contribution in [0.25, 0.3) is 0 Å². The maximum Gasteiger partial charge on any atom is 0.124 e. The third kappa shape index (κ3) is 3.81. The number of likely N-dealkylation sites (N-methyl/N-ethyl adjacent to an activating group) is 1. The Kier molecular flexibility index (Phi) is 5.08. The minimum Gasteiger partial charge on any atom is -0.496 e. The minimum atomic E-state index is 0.176. The summed E-state index contributed by atoms with van der Waals surface area (Å²) in [6, 6.07) is 5.96. The SMILES string of the molecule is COc1cc(Br)ccc1CN(C)CCO. The van der Waals surface area contributed by atoms with Crippen LogP contribution in [0.1, 0.15) is 5.56 Å².